The molecule has 1 atom stereocenters. The molecule has 0 radical (unpaired) electrons. The molecular formula is C23H26N2O6. The lowest BCUT2D eigenvalue weighted by atomic mass is 9.82. The van der Waals surface area contributed by atoms with E-state index >= 15 is 0 Å². The van der Waals surface area contributed by atoms with Gasteiger partial charge in [0.1, 0.15) is 5.75 Å². The standard InChI is InChI=1S/C23H26N2O6/c1-23(2,20(28)14-5-4-8-18(26)12-14)22(30)31-13-19(27)24-17-7-3-6-15(11-17)21(29)25-16-9-10-16/h3-8,11-12,16,20,26,28H,9-10,13H2,1-2H3,(H,24,27)(H,25,29)/t20-/m0/s1. The van der Waals surface area contributed by atoms with Gasteiger partial charge in [0, 0.05) is 17.3 Å². The Morgan fingerprint density at radius 1 is 1.13 bits per heavy atom. The summed E-state index contributed by atoms with van der Waals surface area (Å²) in [5.41, 5.74) is -0.164. The van der Waals surface area contributed by atoms with Crippen LogP contribution in [0.2, 0.25) is 0 Å². The summed E-state index contributed by atoms with van der Waals surface area (Å²) in [6, 6.07) is 12.7. The van der Waals surface area contributed by atoms with E-state index in [0.29, 0.717) is 16.8 Å². The van der Waals surface area contributed by atoms with Gasteiger partial charge >= 0.3 is 5.97 Å². The van der Waals surface area contributed by atoms with Crippen molar-refractivity contribution in [3.05, 3.63) is 59.7 Å². The van der Waals surface area contributed by atoms with Gasteiger partial charge in [-0.05, 0) is 62.6 Å². The largest absolute Gasteiger partial charge is 0.508 e. The first kappa shape index (κ1) is 22.3. The molecule has 0 spiro atoms. The first-order chi connectivity index (χ1) is 14.7. The van der Waals surface area contributed by atoms with Crippen LogP contribution in [0.4, 0.5) is 5.69 Å². The SMILES string of the molecule is CC(C)(C(=O)OCC(=O)Nc1cccc(C(=O)NC2CC2)c1)[C@@H](O)c1cccc(O)c1. The van der Waals surface area contributed by atoms with Gasteiger partial charge in [0.25, 0.3) is 11.8 Å². The average molecular weight is 426 g/mol. The number of phenols is 1. The zero-order chi connectivity index (χ0) is 22.6. The Morgan fingerprint density at radius 3 is 2.52 bits per heavy atom. The molecule has 2 aromatic rings. The van der Waals surface area contributed by atoms with Crippen LogP contribution in [0.15, 0.2) is 48.5 Å². The van der Waals surface area contributed by atoms with Gasteiger partial charge in [0.2, 0.25) is 0 Å². The predicted molar refractivity (Wildman–Crippen MR) is 113 cm³/mol. The number of carbonyl (C=O) groups excluding carboxylic acids is 3. The summed E-state index contributed by atoms with van der Waals surface area (Å²) in [6.45, 7) is 2.43. The average Bonchev–Trinajstić information content (AvgIpc) is 3.55. The van der Waals surface area contributed by atoms with Gasteiger partial charge < -0.3 is 25.6 Å². The highest BCUT2D eigenvalue weighted by Gasteiger charge is 2.38. The molecule has 0 saturated heterocycles. The van der Waals surface area contributed by atoms with Crippen LogP contribution < -0.4 is 10.6 Å². The third kappa shape index (κ3) is 5.82. The monoisotopic (exact) mass is 426 g/mol. The Labute approximate surface area is 180 Å². The number of phenolic OH excluding ortho intramolecular Hbond substituents is 1. The summed E-state index contributed by atoms with van der Waals surface area (Å²) in [5.74, 6) is -1.58. The number of aliphatic hydroxyl groups excluding tert-OH is 1. The highest BCUT2D eigenvalue weighted by atomic mass is 16.5. The molecule has 8 heteroatoms. The number of benzene rings is 2. The molecule has 1 saturated carbocycles. The normalized spacial score (nSPS) is 14.4. The molecule has 1 aliphatic carbocycles. The fourth-order valence-corrected chi connectivity index (χ4v) is 2.97. The number of ether oxygens (including phenoxy) is 1. The number of aliphatic hydroxyl groups is 1. The Morgan fingerprint density at radius 2 is 1.84 bits per heavy atom. The molecule has 0 bridgehead atoms. The maximum absolute atomic E-state index is 12.5. The van der Waals surface area contributed by atoms with E-state index in [9.17, 15) is 24.6 Å². The molecule has 1 aliphatic rings. The molecule has 8 nitrogen and oxygen atoms in total. The van der Waals surface area contributed by atoms with Crippen molar-refractivity contribution >= 4 is 23.5 Å². The molecule has 2 amide bonds. The summed E-state index contributed by atoms with van der Waals surface area (Å²) in [7, 11) is 0. The minimum Gasteiger partial charge on any atom is -0.508 e. The van der Waals surface area contributed by atoms with E-state index in [1.165, 1.54) is 26.0 Å². The fraction of sp³-hybridized carbons (Fsp3) is 0.348. The van der Waals surface area contributed by atoms with Crippen LogP contribution in [0.1, 0.15) is 48.7 Å². The van der Waals surface area contributed by atoms with Crippen molar-refractivity contribution in [2.75, 3.05) is 11.9 Å². The smallest absolute Gasteiger partial charge is 0.315 e. The number of esters is 1. The summed E-state index contributed by atoms with van der Waals surface area (Å²) < 4.78 is 5.10. The summed E-state index contributed by atoms with van der Waals surface area (Å²) in [4.78, 5) is 36.8. The zero-order valence-corrected chi connectivity index (χ0v) is 17.4. The van der Waals surface area contributed by atoms with Crippen molar-refractivity contribution in [2.45, 2.75) is 38.8 Å². The number of amides is 2. The third-order valence-corrected chi connectivity index (χ3v) is 5.05. The topological polar surface area (TPSA) is 125 Å². The van der Waals surface area contributed by atoms with E-state index in [4.69, 9.17) is 4.74 Å². The lowest BCUT2D eigenvalue weighted by Gasteiger charge is -2.28. The van der Waals surface area contributed by atoms with Crippen LogP contribution in [0.3, 0.4) is 0 Å². The molecule has 0 aromatic heterocycles. The molecule has 31 heavy (non-hydrogen) atoms. The van der Waals surface area contributed by atoms with Gasteiger partial charge in [-0.15, -0.1) is 0 Å². The van der Waals surface area contributed by atoms with Crippen LogP contribution in [-0.2, 0) is 14.3 Å². The first-order valence-electron chi connectivity index (χ1n) is 10.0. The van der Waals surface area contributed by atoms with Crippen molar-refractivity contribution < 1.29 is 29.3 Å². The van der Waals surface area contributed by atoms with Crippen molar-refractivity contribution in [3.8, 4) is 5.75 Å². The van der Waals surface area contributed by atoms with Gasteiger partial charge in [-0.3, -0.25) is 14.4 Å². The molecule has 0 unspecified atom stereocenters. The Bertz CT molecular complexity index is 984. The number of carbonyl (C=O) groups is 3. The second-order valence-corrected chi connectivity index (χ2v) is 8.17. The lowest BCUT2D eigenvalue weighted by Crippen LogP contribution is -2.35. The number of nitrogens with one attached hydrogen (secondary N) is 2. The van der Waals surface area contributed by atoms with Crippen LogP contribution in [-0.4, -0.2) is 40.6 Å². The molecule has 164 valence electrons. The maximum atomic E-state index is 12.5. The summed E-state index contributed by atoms with van der Waals surface area (Å²) in [6.07, 6.45) is 0.713. The van der Waals surface area contributed by atoms with E-state index in [1.54, 1.807) is 36.4 Å². The van der Waals surface area contributed by atoms with Gasteiger partial charge in [0.05, 0.1) is 11.5 Å². The van der Waals surface area contributed by atoms with Gasteiger partial charge in [-0.2, -0.15) is 0 Å². The Kier molecular flexibility index (Phi) is 6.60. The van der Waals surface area contributed by atoms with Crippen LogP contribution >= 0.6 is 0 Å². The Balaban J connectivity index is 1.55. The molecule has 2 aromatic carbocycles. The molecule has 0 heterocycles. The first-order valence-corrected chi connectivity index (χ1v) is 10.0. The number of rotatable bonds is 8. The van der Waals surface area contributed by atoms with E-state index in [0.717, 1.165) is 12.8 Å². The molecule has 0 aliphatic heterocycles. The Hall–Kier alpha value is -3.39. The van der Waals surface area contributed by atoms with Gasteiger partial charge in [-0.1, -0.05) is 18.2 Å². The van der Waals surface area contributed by atoms with E-state index in [1.807, 2.05) is 0 Å². The minimum absolute atomic E-state index is 0.0341. The highest BCUT2D eigenvalue weighted by Crippen LogP contribution is 2.35. The minimum atomic E-state index is -1.35. The maximum Gasteiger partial charge on any atom is 0.315 e. The fourth-order valence-electron chi connectivity index (χ4n) is 2.97. The second-order valence-electron chi connectivity index (χ2n) is 8.17. The lowest BCUT2D eigenvalue weighted by molar-refractivity contribution is -0.162. The predicted octanol–water partition coefficient (Wildman–Crippen LogP) is 2.53. The quantitative estimate of drug-likeness (QED) is 0.481. The molecule has 3 rings (SSSR count). The number of aromatic hydroxyl groups is 1. The van der Waals surface area contributed by atoms with Gasteiger partial charge in [-0.25, -0.2) is 0 Å². The second kappa shape index (κ2) is 9.18. The molecule has 4 N–H and O–H groups in total. The van der Waals surface area contributed by atoms with E-state index in [2.05, 4.69) is 10.6 Å². The van der Waals surface area contributed by atoms with Gasteiger partial charge in [0.15, 0.2) is 6.61 Å². The van der Waals surface area contributed by atoms with Crippen LogP contribution in [0, 0.1) is 5.41 Å². The number of anilines is 1. The zero-order valence-electron chi connectivity index (χ0n) is 17.4. The van der Waals surface area contributed by atoms with Crippen LogP contribution in [0.25, 0.3) is 0 Å². The number of hydrogen-bond acceptors (Lipinski definition) is 6. The number of hydrogen-bond donors (Lipinski definition) is 4. The van der Waals surface area contributed by atoms with Crippen molar-refractivity contribution in [1.82, 2.24) is 5.32 Å². The third-order valence-electron chi connectivity index (χ3n) is 5.05. The van der Waals surface area contributed by atoms with E-state index < -0.39 is 30.0 Å². The summed E-state index contributed by atoms with van der Waals surface area (Å²) >= 11 is 0. The highest BCUT2D eigenvalue weighted by molar-refractivity contribution is 5.98. The van der Waals surface area contributed by atoms with Crippen molar-refractivity contribution in [3.63, 3.8) is 0 Å². The summed E-state index contributed by atoms with van der Waals surface area (Å²) in [5, 5.41) is 25.6. The molecular weight excluding hydrogens is 400 g/mol. The molecule has 1 fully saturated rings. The van der Waals surface area contributed by atoms with Crippen LogP contribution in [0.5, 0.6) is 5.75 Å². The van der Waals surface area contributed by atoms with E-state index in [-0.39, 0.29) is 17.7 Å². The van der Waals surface area contributed by atoms with Crippen molar-refractivity contribution in [2.24, 2.45) is 5.41 Å². The van der Waals surface area contributed by atoms with Crippen molar-refractivity contribution in [1.29, 1.82) is 0 Å².